The number of aryl methyl sites for hydroxylation is 1. The molecule has 7 heteroatoms. The van der Waals surface area contributed by atoms with Gasteiger partial charge in [-0.3, -0.25) is 4.79 Å². The zero-order valence-electron chi connectivity index (χ0n) is 15.3. The highest BCUT2D eigenvalue weighted by Gasteiger charge is 2.34. The maximum Gasteiger partial charge on any atom is 0.256 e. The second-order valence-corrected chi connectivity index (χ2v) is 6.57. The van der Waals surface area contributed by atoms with Crippen molar-refractivity contribution >= 4 is 5.91 Å². The van der Waals surface area contributed by atoms with Crippen LogP contribution in [0.2, 0.25) is 0 Å². The third kappa shape index (κ3) is 3.40. The lowest BCUT2D eigenvalue weighted by atomic mass is 10.1. The van der Waals surface area contributed by atoms with Crippen LogP contribution in [-0.4, -0.2) is 39.6 Å². The number of hydrogen-bond donors (Lipinski definition) is 0. The Labute approximate surface area is 157 Å². The molecule has 2 aromatic heterocycles. The SMILES string of the molecule is COc1ccc(C(=O)N2CCC[C@@H]2c2nc(-c3ccc(C)cc3)no2)cn1. The average Bonchev–Trinajstić information content (AvgIpc) is 3.37. The number of ether oxygens (including phenoxy) is 1. The second kappa shape index (κ2) is 7.19. The van der Waals surface area contributed by atoms with Crippen LogP contribution in [0.4, 0.5) is 0 Å². The molecule has 3 aromatic rings. The number of rotatable bonds is 4. The molecule has 0 spiro atoms. The van der Waals surface area contributed by atoms with Gasteiger partial charge in [0.1, 0.15) is 6.04 Å². The summed E-state index contributed by atoms with van der Waals surface area (Å²) in [5.74, 6) is 1.39. The molecule has 1 aliphatic heterocycles. The average molecular weight is 364 g/mol. The maximum absolute atomic E-state index is 12.9. The van der Waals surface area contributed by atoms with Gasteiger partial charge in [0.2, 0.25) is 17.6 Å². The van der Waals surface area contributed by atoms with E-state index in [1.165, 1.54) is 11.8 Å². The van der Waals surface area contributed by atoms with Crippen LogP contribution in [0.5, 0.6) is 5.88 Å². The Balaban J connectivity index is 1.56. The monoisotopic (exact) mass is 364 g/mol. The number of hydrogen-bond acceptors (Lipinski definition) is 6. The summed E-state index contributed by atoms with van der Waals surface area (Å²) in [5, 5.41) is 4.10. The maximum atomic E-state index is 12.9. The quantitative estimate of drug-likeness (QED) is 0.705. The molecular weight excluding hydrogens is 344 g/mol. The normalized spacial score (nSPS) is 16.5. The van der Waals surface area contributed by atoms with Gasteiger partial charge in [-0.2, -0.15) is 4.98 Å². The molecule has 0 unspecified atom stereocenters. The molecule has 4 rings (SSSR count). The highest BCUT2D eigenvalue weighted by Crippen LogP contribution is 2.33. The lowest BCUT2D eigenvalue weighted by molar-refractivity contribution is 0.0709. The summed E-state index contributed by atoms with van der Waals surface area (Å²) in [6.45, 7) is 2.68. The molecular formula is C20H20N4O3. The molecule has 1 fully saturated rings. The number of pyridine rings is 1. The van der Waals surface area contributed by atoms with E-state index in [2.05, 4.69) is 15.1 Å². The third-order valence-corrected chi connectivity index (χ3v) is 4.74. The standard InChI is InChI=1S/C20H20N4O3/c1-13-5-7-14(8-6-13)18-22-19(27-23-18)16-4-3-11-24(16)20(25)15-9-10-17(26-2)21-12-15/h5-10,12,16H,3-4,11H2,1-2H3/t16-/m1/s1. The van der Waals surface area contributed by atoms with Crippen molar-refractivity contribution in [2.24, 2.45) is 0 Å². The van der Waals surface area contributed by atoms with Crippen molar-refractivity contribution in [1.82, 2.24) is 20.0 Å². The van der Waals surface area contributed by atoms with Crippen molar-refractivity contribution in [2.75, 3.05) is 13.7 Å². The van der Waals surface area contributed by atoms with Gasteiger partial charge < -0.3 is 14.2 Å². The van der Waals surface area contributed by atoms with Crippen LogP contribution in [-0.2, 0) is 0 Å². The van der Waals surface area contributed by atoms with Crippen LogP contribution in [0.15, 0.2) is 47.1 Å². The first-order valence-corrected chi connectivity index (χ1v) is 8.87. The lowest BCUT2D eigenvalue weighted by Crippen LogP contribution is -2.30. The van der Waals surface area contributed by atoms with E-state index in [0.717, 1.165) is 18.4 Å². The first kappa shape index (κ1) is 17.2. The molecule has 0 aliphatic carbocycles. The van der Waals surface area contributed by atoms with Crippen molar-refractivity contribution in [3.8, 4) is 17.3 Å². The fraction of sp³-hybridized carbons (Fsp3) is 0.300. The summed E-state index contributed by atoms with van der Waals surface area (Å²) < 4.78 is 10.5. The Morgan fingerprint density at radius 3 is 2.74 bits per heavy atom. The molecule has 0 N–H and O–H groups in total. The van der Waals surface area contributed by atoms with Crippen molar-refractivity contribution in [3.63, 3.8) is 0 Å². The first-order valence-electron chi connectivity index (χ1n) is 8.87. The van der Waals surface area contributed by atoms with Crippen molar-refractivity contribution in [1.29, 1.82) is 0 Å². The van der Waals surface area contributed by atoms with Crippen LogP contribution in [0.3, 0.4) is 0 Å². The highest BCUT2D eigenvalue weighted by molar-refractivity contribution is 5.94. The van der Waals surface area contributed by atoms with Gasteiger partial charge in [0.25, 0.3) is 5.91 Å². The molecule has 0 saturated carbocycles. The van der Waals surface area contributed by atoms with E-state index in [0.29, 0.717) is 29.7 Å². The van der Waals surface area contributed by atoms with E-state index in [-0.39, 0.29) is 11.9 Å². The van der Waals surface area contributed by atoms with Crippen molar-refractivity contribution < 1.29 is 14.1 Å². The Hall–Kier alpha value is -3.22. The predicted octanol–water partition coefficient (Wildman–Crippen LogP) is 3.43. The van der Waals surface area contributed by atoms with Crippen molar-refractivity contribution in [2.45, 2.75) is 25.8 Å². The molecule has 138 valence electrons. The second-order valence-electron chi connectivity index (χ2n) is 6.57. The number of nitrogens with zero attached hydrogens (tertiary/aromatic N) is 4. The minimum atomic E-state index is -0.216. The Morgan fingerprint density at radius 1 is 1.22 bits per heavy atom. The Kier molecular flexibility index (Phi) is 4.58. The summed E-state index contributed by atoms with van der Waals surface area (Å²) in [5.41, 5.74) is 2.58. The summed E-state index contributed by atoms with van der Waals surface area (Å²) >= 11 is 0. The first-order chi connectivity index (χ1) is 13.2. The van der Waals surface area contributed by atoms with E-state index in [4.69, 9.17) is 9.26 Å². The zero-order valence-corrected chi connectivity index (χ0v) is 15.3. The van der Waals surface area contributed by atoms with Gasteiger partial charge in [0.05, 0.1) is 12.7 Å². The number of amides is 1. The van der Waals surface area contributed by atoms with Gasteiger partial charge in [-0.15, -0.1) is 0 Å². The molecule has 3 heterocycles. The molecule has 1 aromatic carbocycles. The number of aromatic nitrogens is 3. The number of benzene rings is 1. The summed E-state index contributed by atoms with van der Waals surface area (Å²) in [7, 11) is 1.54. The van der Waals surface area contributed by atoms with E-state index >= 15 is 0 Å². The summed E-state index contributed by atoms with van der Waals surface area (Å²) in [6, 6.07) is 11.1. The highest BCUT2D eigenvalue weighted by atomic mass is 16.5. The lowest BCUT2D eigenvalue weighted by Gasteiger charge is -2.21. The van der Waals surface area contributed by atoms with Crippen LogP contribution in [0.1, 0.15) is 40.7 Å². The molecule has 27 heavy (non-hydrogen) atoms. The molecule has 1 saturated heterocycles. The smallest absolute Gasteiger partial charge is 0.256 e. The fourth-order valence-electron chi connectivity index (χ4n) is 3.25. The van der Waals surface area contributed by atoms with Gasteiger partial charge in [0.15, 0.2) is 0 Å². The zero-order chi connectivity index (χ0) is 18.8. The summed E-state index contributed by atoms with van der Waals surface area (Å²) in [6.07, 6.45) is 3.22. The van der Waals surface area contributed by atoms with E-state index in [1.54, 1.807) is 24.1 Å². The number of carbonyl (C=O) groups is 1. The summed E-state index contributed by atoms with van der Waals surface area (Å²) in [4.78, 5) is 23.3. The van der Waals surface area contributed by atoms with Crippen LogP contribution >= 0.6 is 0 Å². The molecule has 0 radical (unpaired) electrons. The predicted molar refractivity (Wildman–Crippen MR) is 98.3 cm³/mol. The van der Waals surface area contributed by atoms with Crippen LogP contribution in [0, 0.1) is 6.92 Å². The van der Waals surface area contributed by atoms with E-state index in [9.17, 15) is 4.79 Å². The Bertz CT molecular complexity index is 935. The molecule has 1 atom stereocenters. The largest absolute Gasteiger partial charge is 0.481 e. The Morgan fingerprint density at radius 2 is 2.04 bits per heavy atom. The van der Waals surface area contributed by atoms with Gasteiger partial charge in [0, 0.05) is 24.4 Å². The van der Waals surface area contributed by atoms with Crippen LogP contribution < -0.4 is 4.74 Å². The number of likely N-dealkylation sites (tertiary alicyclic amines) is 1. The molecule has 1 aliphatic rings. The molecule has 7 nitrogen and oxygen atoms in total. The molecule has 0 bridgehead atoms. The van der Waals surface area contributed by atoms with E-state index < -0.39 is 0 Å². The van der Waals surface area contributed by atoms with Gasteiger partial charge in [-0.05, 0) is 25.8 Å². The van der Waals surface area contributed by atoms with E-state index in [1.807, 2.05) is 31.2 Å². The van der Waals surface area contributed by atoms with Gasteiger partial charge in [-0.1, -0.05) is 35.0 Å². The van der Waals surface area contributed by atoms with Gasteiger partial charge >= 0.3 is 0 Å². The minimum absolute atomic E-state index is 0.0947. The fourth-order valence-corrected chi connectivity index (χ4v) is 3.25. The number of methoxy groups -OCH3 is 1. The topological polar surface area (TPSA) is 81.4 Å². The number of carbonyl (C=O) groups excluding carboxylic acids is 1. The van der Waals surface area contributed by atoms with Crippen molar-refractivity contribution in [3.05, 3.63) is 59.6 Å². The minimum Gasteiger partial charge on any atom is -0.481 e. The molecule has 1 amide bonds. The third-order valence-electron chi connectivity index (χ3n) is 4.74. The van der Waals surface area contributed by atoms with Gasteiger partial charge in [-0.25, -0.2) is 4.98 Å². The van der Waals surface area contributed by atoms with Crippen LogP contribution in [0.25, 0.3) is 11.4 Å².